The van der Waals surface area contributed by atoms with Crippen LogP contribution in [-0.2, 0) is 12.0 Å². The molecule has 1 unspecified atom stereocenters. The normalized spacial score (nSPS) is 20.4. The van der Waals surface area contributed by atoms with Gasteiger partial charge in [0.2, 0.25) is 0 Å². The first-order valence-corrected chi connectivity index (χ1v) is 7.13. The van der Waals surface area contributed by atoms with Crippen LogP contribution in [-0.4, -0.2) is 12.2 Å². The second kappa shape index (κ2) is 4.85. The van der Waals surface area contributed by atoms with Crippen LogP contribution >= 0.6 is 0 Å². The summed E-state index contributed by atoms with van der Waals surface area (Å²) in [5.41, 5.74) is 3.46. The molecular weight excluding hydrogens is 267 g/mol. The molecule has 0 saturated heterocycles. The van der Waals surface area contributed by atoms with Crippen molar-refractivity contribution in [3.8, 4) is 5.75 Å². The van der Waals surface area contributed by atoms with Crippen molar-refractivity contribution in [2.75, 3.05) is 7.11 Å². The van der Waals surface area contributed by atoms with Crippen molar-refractivity contribution in [1.29, 1.82) is 0 Å². The molecule has 0 spiro atoms. The van der Waals surface area contributed by atoms with Gasteiger partial charge in [-0.3, -0.25) is 0 Å². The summed E-state index contributed by atoms with van der Waals surface area (Å²) in [4.78, 5) is 0. The topological polar surface area (TPSA) is 29.5 Å². The van der Waals surface area contributed by atoms with Gasteiger partial charge in [-0.05, 0) is 61.1 Å². The fraction of sp³-hybridized carbons (Fsp3) is 0.333. The van der Waals surface area contributed by atoms with Crippen LogP contribution in [0.15, 0.2) is 30.3 Å². The summed E-state index contributed by atoms with van der Waals surface area (Å²) in [5, 5.41) is 11.2. The zero-order valence-corrected chi connectivity index (χ0v) is 12.5. The molecule has 110 valence electrons. The van der Waals surface area contributed by atoms with Gasteiger partial charge in [-0.25, -0.2) is 4.39 Å². The fourth-order valence-electron chi connectivity index (χ4n) is 3.28. The van der Waals surface area contributed by atoms with E-state index in [1.54, 1.807) is 13.2 Å². The van der Waals surface area contributed by atoms with Crippen LogP contribution in [0.25, 0.3) is 0 Å². The lowest BCUT2D eigenvalue weighted by Crippen LogP contribution is -2.25. The number of rotatable bonds is 2. The molecule has 1 atom stereocenters. The molecule has 1 N–H and O–H groups in total. The van der Waals surface area contributed by atoms with Crippen molar-refractivity contribution in [3.63, 3.8) is 0 Å². The van der Waals surface area contributed by atoms with Crippen molar-refractivity contribution in [1.82, 2.24) is 0 Å². The molecule has 2 aromatic rings. The van der Waals surface area contributed by atoms with Crippen LogP contribution in [0.2, 0.25) is 0 Å². The number of hydrogen-bond acceptors (Lipinski definition) is 2. The van der Waals surface area contributed by atoms with Crippen molar-refractivity contribution in [3.05, 3.63) is 64.0 Å². The van der Waals surface area contributed by atoms with Crippen LogP contribution < -0.4 is 4.74 Å². The number of methoxy groups -OCH3 is 1. The molecule has 0 bridgehead atoms. The van der Waals surface area contributed by atoms with Crippen LogP contribution in [0.3, 0.4) is 0 Å². The predicted octanol–water partition coefficient (Wildman–Crippen LogP) is 3.63. The van der Waals surface area contributed by atoms with Crippen LogP contribution in [0.1, 0.15) is 34.2 Å². The Kier molecular flexibility index (Phi) is 3.25. The Morgan fingerprint density at radius 3 is 2.57 bits per heavy atom. The highest BCUT2D eigenvalue weighted by Gasteiger charge is 2.40. The Balaban J connectivity index is 2.21. The molecule has 2 aromatic carbocycles. The molecule has 1 aliphatic carbocycles. The first kappa shape index (κ1) is 14.1. The van der Waals surface area contributed by atoms with Gasteiger partial charge >= 0.3 is 0 Å². The van der Waals surface area contributed by atoms with E-state index in [1.165, 1.54) is 12.1 Å². The third kappa shape index (κ3) is 2.04. The molecule has 3 rings (SSSR count). The molecule has 0 fully saturated rings. The van der Waals surface area contributed by atoms with E-state index in [2.05, 4.69) is 0 Å². The summed E-state index contributed by atoms with van der Waals surface area (Å²) in [6, 6.07) is 8.52. The zero-order valence-electron chi connectivity index (χ0n) is 12.5. The number of fused-ring (bicyclic) bond motifs is 1. The van der Waals surface area contributed by atoms with E-state index in [1.807, 2.05) is 26.0 Å². The second-order valence-corrected chi connectivity index (χ2v) is 5.75. The summed E-state index contributed by atoms with van der Waals surface area (Å²) >= 11 is 0. The first-order valence-electron chi connectivity index (χ1n) is 7.13. The largest absolute Gasteiger partial charge is 0.496 e. The van der Waals surface area contributed by atoms with Gasteiger partial charge in [0.15, 0.2) is 0 Å². The molecule has 0 aromatic heterocycles. The van der Waals surface area contributed by atoms with Gasteiger partial charge in [-0.1, -0.05) is 18.2 Å². The van der Waals surface area contributed by atoms with Gasteiger partial charge < -0.3 is 9.84 Å². The molecule has 0 amide bonds. The van der Waals surface area contributed by atoms with E-state index in [0.717, 1.165) is 33.6 Å². The minimum atomic E-state index is -1.10. The Hall–Kier alpha value is -1.87. The van der Waals surface area contributed by atoms with E-state index < -0.39 is 5.60 Å². The molecular formula is C18H19FO2. The highest BCUT2D eigenvalue weighted by molar-refractivity contribution is 5.54. The maximum atomic E-state index is 13.4. The number of aryl methyl sites for hydroxylation is 2. The second-order valence-electron chi connectivity index (χ2n) is 5.75. The van der Waals surface area contributed by atoms with Gasteiger partial charge in [0, 0.05) is 5.56 Å². The molecule has 21 heavy (non-hydrogen) atoms. The molecule has 0 saturated carbocycles. The fourth-order valence-corrected chi connectivity index (χ4v) is 3.28. The highest BCUT2D eigenvalue weighted by Crippen LogP contribution is 2.46. The average molecular weight is 286 g/mol. The Bertz CT molecular complexity index is 709. The number of hydrogen-bond donors (Lipinski definition) is 1. The first-order chi connectivity index (χ1) is 9.97. The summed E-state index contributed by atoms with van der Waals surface area (Å²) in [5.74, 6) is 0.458. The van der Waals surface area contributed by atoms with Crippen molar-refractivity contribution in [2.45, 2.75) is 32.3 Å². The van der Waals surface area contributed by atoms with E-state index in [9.17, 15) is 9.50 Å². The summed E-state index contributed by atoms with van der Waals surface area (Å²) in [6.07, 6.45) is 1.21. The molecule has 0 heterocycles. The van der Waals surface area contributed by atoms with Gasteiger partial charge in [0.1, 0.15) is 17.2 Å². The van der Waals surface area contributed by atoms with E-state index in [-0.39, 0.29) is 5.82 Å². The number of benzene rings is 2. The third-order valence-corrected chi connectivity index (χ3v) is 4.60. The summed E-state index contributed by atoms with van der Waals surface area (Å²) in [7, 11) is 1.62. The van der Waals surface area contributed by atoms with Crippen molar-refractivity contribution >= 4 is 0 Å². The lowest BCUT2D eigenvalue weighted by atomic mass is 9.85. The van der Waals surface area contributed by atoms with Gasteiger partial charge in [-0.15, -0.1) is 0 Å². The zero-order chi connectivity index (χ0) is 15.2. The van der Waals surface area contributed by atoms with Gasteiger partial charge in [0.05, 0.1) is 7.11 Å². The Morgan fingerprint density at radius 1 is 1.14 bits per heavy atom. The van der Waals surface area contributed by atoms with Gasteiger partial charge in [-0.2, -0.15) is 0 Å². The van der Waals surface area contributed by atoms with Gasteiger partial charge in [0.25, 0.3) is 0 Å². The monoisotopic (exact) mass is 286 g/mol. The smallest absolute Gasteiger partial charge is 0.128 e. The van der Waals surface area contributed by atoms with Crippen LogP contribution in [0, 0.1) is 19.7 Å². The molecule has 3 heteroatoms. The molecule has 1 aliphatic rings. The van der Waals surface area contributed by atoms with Crippen molar-refractivity contribution in [2.24, 2.45) is 0 Å². The highest BCUT2D eigenvalue weighted by atomic mass is 19.1. The van der Waals surface area contributed by atoms with Crippen LogP contribution in [0.5, 0.6) is 5.75 Å². The predicted molar refractivity (Wildman–Crippen MR) is 80.2 cm³/mol. The Morgan fingerprint density at radius 2 is 1.86 bits per heavy atom. The summed E-state index contributed by atoms with van der Waals surface area (Å²) in [6.45, 7) is 4.01. The van der Waals surface area contributed by atoms with Crippen LogP contribution in [0.4, 0.5) is 4.39 Å². The lowest BCUT2D eigenvalue weighted by molar-refractivity contribution is 0.0798. The molecule has 0 radical (unpaired) electrons. The van der Waals surface area contributed by atoms with E-state index in [0.29, 0.717) is 12.8 Å². The molecule has 2 nitrogen and oxygen atoms in total. The Labute approximate surface area is 124 Å². The standard InChI is InChI=1S/C18H19FO2/c1-11-4-6-16(17(21-3)12(11)2)18(20)9-8-13-10-14(19)5-7-15(13)18/h4-7,10,20H,8-9H2,1-3H3. The minimum absolute atomic E-state index is 0.259. The average Bonchev–Trinajstić information content (AvgIpc) is 2.79. The number of ether oxygens (including phenoxy) is 1. The maximum absolute atomic E-state index is 13.4. The minimum Gasteiger partial charge on any atom is -0.496 e. The summed E-state index contributed by atoms with van der Waals surface area (Å²) < 4.78 is 18.9. The van der Waals surface area contributed by atoms with E-state index in [4.69, 9.17) is 4.74 Å². The number of halogens is 1. The quantitative estimate of drug-likeness (QED) is 0.913. The third-order valence-electron chi connectivity index (χ3n) is 4.60. The van der Waals surface area contributed by atoms with Crippen molar-refractivity contribution < 1.29 is 14.2 Å². The lowest BCUT2D eigenvalue weighted by Gasteiger charge is -2.28. The maximum Gasteiger partial charge on any atom is 0.128 e. The molecule has 0 aliphatic heterocycles. The van der Waals surface area contributed by atoms with E-state index >= 15 is 0 Å². The number of aliphatic hydroxyl groups is 1. The SMILES string of the molecule is COc1c(C2(O)CCc3cc(F)ccc32)ccc(C)c1C.